The van der Waals surface area contributed by atoms with Crippen molar-refractivity contribution in [2.45, 2.75) is 51.2 Å². The molecular formula is C16H21N5O4. The first-order valence-corrected chi connectivity index (χ1v) is 8.18. The van der Waals surface area contributed by atoms with Crippen LogP contribution in [0.5, 0.6) is 5.88 Å². The fourth-order valence-electron chi connectivity index (χ4n) is 3.01. The molecule has 0 spiro atoms. The standard InChI is InChI=1S/C16H21N5O4/c1-4-10-12(22)13(23-3)16(25-10)21-8-18-11-14(21)19-9(2)20-15(11)24-7-5-6-17/h8,10,12-13,16,22H,4-5,7H2,1-3H3/t10-,12?,13+,16-/m1/s1. The highest BCUT2D eigenvalue weighted by Crippen LogP contribution is 2.35. The van der Waals surface area contributed by atoms with Gasteiger partial charge in [0.2, 0.25) is 5.88 Å². The molecule has 0 bridgehead atoms. The molecule has 1 aliphatic rings. The van der Waals surface area contributed by atoms with E-state index in [4.69, 9.17) is 19.5 Å². The summed E-state index contributed by atoms with van der Waals surface area (Å²) in [6, 6.07) is 2.02. The first-order chi connectivity index (χ1) is 12.1. The molecule has 3 heterocycles. The largest absolute Gasteiger partial charge is 0.475 e. The number of aromatic nitrogens is 4. The van der Waals surface area contributed by atoms with Crippen LogP contribution in [0, 0.1) is 18.3 Å². The molecule has 1 unspecified atom stereocenters. The average molecular weight is 347 g/mol. The molecule has 1 aliphatic heterocycles. The van der Waals surface area contributed by atoms with E-state index >= 15 is 0 Å². The summed E-state index contributed by atoms with van der Waals surface area (Å²) in [5, 5.41) is 19.0. The van der Waals surface area contributed by atoms with Crippen LogP contribution in [0.25, 0.3) is 11.2 Å². The highest BCUT2D eigenvalue weighted by atomic mass is 16.6. The fraction of sp³-hybridized carbons (Fsp3) is 0.625. The number of aliphatic hydroxyl groups is 1. The molecule has 0 saturated carbocycles. The average Bonchev–Trinajstić information content (AvgIpc) is 3.15. The van der Waals surface area contributed by atoms with Crippen LogP contribution in [0.2, 0.25) is 0 Å². The van der Waals surface area contributed by atoms with Crippen molar-refractivity contribution in [3.05, 3.63) is 12.2 Å². The third kappa shape index (κ3) is 3.16. The lowest BCUT2D eigenvalue weighted by atomic mass is 10.1. The summed E-state index contributed by atoms with van der Waals surface area (Å²) in [6.45, 7) is 3.93. The van der Waals surface area contributed by atoms with Crippen LogP contribution in [0.15, 0.2) is 6.33 Å². The third-order valence-electron chi connectivity index (χ3n) is 4.22. The maximum atomic E-state index is 10.4. The lowest BCUT2D eigenvalue weighted by Gasteiger charge is -2.20. The molecule has 1 fully saturated rings. The predicted molar refractivity (Wildman–Crippen MR) is 86.8 cm³/mol. The van der Waals surface area contributed by atoms with Gasteiger partial charge in [0.25, 0.3) is 0 Å². The van der Waals surface area contributed by atoms with E-state index in [9.17, 15) is 5.11 Å². The van der Waals surface area contributed by atoms with Gasteiger partial charge in [-0.25, -0.2) is 9.97 Å². The monoisotopic (exact) mass is 347 g/mol. The van der Waals surface area contributed by atoms with Crippen LogP contribution in [0.1, 0.15) is 31.8 Å². The second-order valence-electron chi connectivity index (χ2n) is 5.82. The minimum Gasteiger partial charge on any atom is -0.475 e. The Hall–Kier alpha value is -2.28. The molecular weight excluding hydrogens is 326 g/mol. The number of imidazole rings is 1. The maximum Gasteiger partial charge on any atom is 0.245 e. The number of hydrogen-bond donors (Lipinski definition) is 1. The molecule has 0 aromatic carbocycles. The second kappa shape index (κ2) is 7.31. The highest BCUT2D eigenvalue weighted by molar-refractivity contribution is 5.76. The van der Waals surface area contributed by atoms with Gasteiger partial charge in [-0.15, -0.1) is 0 Å². The molecule has 25 heavy (non-hydrogen) atoms. The van der Waals surface area contributed by atoms with Gasteiger partial charge < -0.3 is 19.3 Å². The zero-order chi connectivity index (χ0) is 18.0. The first kappa shape index (κ1) is 17.5. The van der Waals surface area contributed by atoms with Gasteiger partial charge in [-0.3, -0.25) is 4.57 Å². The quantitative estimate of drug-likeness (QED) is 0.773. The molecule has 1 saturated heterocycles. The Morgan fingerprint density at radius 3 is 2.92 bits per heavy atom. The number of rotatable bonds is 6. The zero-order valence-electron chi connectivity index (χ0n) is 14.4. The smallest absolute Gasteiger partial charge is 0.245 e. The van der Waals surface area contributed by atoms with Gasteiger partial charge in [0.15, 0.2) is 17.4 Å². The number of ether oxygens (including phenoxy) is 3. The Kier molecular flexibility index (Phi) is 5.13. The van der Waals surface area contributed by atoms with Crippen LogP contribution in [-0.4, -0.2) is 56.7 Å². The van der Waals surface area contributed by atoms with Crippen molar-refractivity contribution >= 4 is 11.2 Å². The Morgan fingerprint density at radius 1 is 1.44 bits per heavy atom. The molecule has 3 rings (SSSR count). The fourth-order valence-corrected chi connectivity index (χ4v) is 3.01. The minimum absolute atomic E-state index is 0.228. The molecule has 9 heteroatoms. The van der Waals surface area contributed by atoms with E-state index in [1.807, 2.05) is 13.0 Å². The number of aryl methyl sites for hydroxylation is 1. The number of aliphatic hydroxyl groups excluding tert-OH is 1. The Bertz CT molecular complexity index is 787. The van der Waals surface area contributed by atoms with Crippen molar-refractivity contribution in [3.8, 4) is 11.9 Å². The van der Waals surface area contributed by atoms with Gasteiger partial charge in [0.05, 0.1) is 24.9 Å². The molecule has 0 aliphatic carbocycles. The van der Waals surface area contributed by atoms with Gasteiger partial charge in [-0.05, 0) is 13.3 Å². The topological polar surface area (TPSA) is 115 Å². The summed E-state index contributed by atoms with van der Waals surface area (Å²) >= 11 is 0. The number of nitriles is 1. The SMILES string of the molecule is CC[C@H]1O[C@@H](n2cnc3c(OCCC#N)nc(C)nc32)[C@@H](OC)C1O. The Morgan fingerprint density at radius 2 is 2.24 bits per heavy atom. The normalized spacial score (nSPS) is 26.0. The van der Waals surface area contributed by atoms with Gasteiger partial charge in [0, 0.05) is 7.11 Å². The maximum absolute atomic E-state index is 10.4. The van der Waals surface area contributed by atoms with E-state index in [1.54, 1.807) is 17.8 Å². The molecule has 1 N–H and O–H groups in total. The molecule has 4 atom stereocenters. The molecule has 9 nitrogen and oxygen atoms in total. The van der Waals surface area contributed by atoms with E-state index in [1.165, 1.54) is 7.11 Å². The second-order valence-corrected chi connectivity index (χ2v) is 5.82. The van der Waals surface area contributed by atoms with E-state index in [0.29, 0.717) is 29.3 Å². The van der Waals surface area contributed by atoms with Crippen LogP contribution in [0.3, 0.4) is 0 Å². The first-order valence-electron chi connectivity index (χ1n) is 8.18. The molecule has 0 radical (unpaired) electrons. The van der Waals surface area contributed by atoms with E-state index in [2.05, 4.69) is 15.0 Å². The highest BCUT2D eigenvalue weighted by Gasteiger charge is 2.44. The number of fused-ring (bicyclic) bond motifs is 1. The van der Waals surface area contributed by atoms with Crippen molar-refractivity contribution in [3.63, 3.8) is 0 Å². The van der Waals surface area contributed by atoms with Crippen molar-refractivity contribution in [1.82, 2.24) is 19.5 Å². The summed E-state index contributed by atoms with van der Waals surface area (Å²) in [6.07, 6.45) is 0.385. The van der Waals surface area contributed by atoms with Gasteiger partial charge >= 0.3 is 0 Å². The van der Waals surface area contributed by atoms with Crippen molar-refractivity contribution in [2.75, 3.05) is 13.7 Å². The summed E-state index contributed by atoms with van der Waals surface area (Å²) in [5.74, 6) is 0.844. The number of hydrogen-bond acceptors (Lipinski definition) is 8. The van der Waals surface area contributed by atoms with Crippen LogP contribution in [-0.2, 0) is 9.47 Å². The number of nitrogens with zero attached hydrogens (tertiary/aromatic N) is 5. The lowest BCUT2D eigenvalue weighted by molar-refractivity contribution is -0.0497. The summed E-state index contributed by atoms with van der Waals surface area (Å²) < 4.78 is 18.7. The van der Waals surface area contributed by atoms with Gasteiger partial charge in [-0.2, -0.15) is 10.2 Å². The van der Waals surface area contributed by atoms with E-state index < -0.39 is 18.4 Å². The van der Waals surface area contributed by atoms with Crippen molar-refractivity contribution in [1.29, 1.82) is 5.26 Å². The van der Waals surface area contributed by atoms with Crippen LogP contribution < -0.4 is 4.74 Å². The van der Waals surface area contributed by atoms with Crippen molar-refractivity contribution in [2.24, 2.45) is 0 Å². The molecule has 2 aromatic rings. The van der Waals surface area contributed by atoms with Gasteiger partial charge in [0.1, 0.15) is 24.6 Å². The zero-order valence-corrected chi connectivity index (χ0v) is 14.4. The summed E-state index contributed by atoms with van der Waals surface area (Å²) in [5.41, 5.74) is 1.02. The Balaban J connectivity index is 1.99. The van der Waals surface area contributed by atoms with E-state index in [-0.39, 0.29) is 19.1 Å². The lowest BCUT2D eigenvalue weighted by Crippen LogP contribution is -2.33. The Labute approximate surface area is 145 Å². The molecule has 2 aromatic heterocycles. The van der Waals surface area contributed by atoms with Crippen LogP contribution >= 0.6 is 0 Å². The van der Waals surface area contributed by atoms with Crippen molar-refractivity contribution < 1.29 is 19.3 Å². The predicted octanol–water partition coefficient (Wildman–Crippen LogP) is 1.11. The third-order valence-corrected chi connectivity index (χ3v) is 4.22. The number of methoxy groups -OCH3 is 1. The minimum atomic E-state index is -0.730. The van der Waals surface area contributed by atoms with Gasteiger partial charge in [-0.1, -0.05) is 6.92 Å². The molecule has 0 amide bonds. The van der Waals surface area contributed by atoms with Crippen LogP contribution in [0.4, 0.5) is 0 Å². The summed E-state index contributed by atoms with van der Waals surface area (Å²) in [7, 11) is 1.54. The van der Waals surface area contributed by atoms with E-state index in [0.717, 1.165) is 0 Å². The molecule has 134 valence electrons. The summed E-state index contributed by atoms with van der Waals surface area (Å²) in [4.78, 5) is 13.0.